The third kappa shape index (κ3) is 3.21. The zero-order valence-corrected chi connectivity index (χ0v) is 11.6. The number of hydrogen-bond acceptors (Lipinski definition) is 5. The van der Waals surface area contributed by atoms with Gasteiger partial charge < -0.3 is 10.2 Å². The molecule has 2 aliphatic rings. The van der Waals surface area contributed by atoms with Crippen LogP contribution in [0.15, 0.2) is 0 Å². The molecule has 0 aromatic rings. The fourth-order valence-corrected chi connectivity index (χ4v) is 3.65. The van der Waals surface area contributed by atoms with Gasteiger partial charge in [-0.05, 0) is 6.92 Å². The highest BCUT2D eigenvalue weighted by atomic mass is 32.2. The second-order valence-corrected chi connectivity index (χ2v) is 7.24. The first-order chi connectivity index (χ1) is 8.49. The monoisotopic (exact) mass is 275 g/mol. The van der Waals surface area contributed by atoms with Crippen LogP contribution in [-0.4, -0.2) is 80.9 Å². The molecule has 1 unspecified atom stereocenters. The Bertz CT molecular complexity index is 390. The van der Waals surface area contributed by atoms with E-state index in [-0.39, 0.29) is 23.5 Å². The molecule has 2 heterocycles. The Balaban J connectivity index is 1.90. The van der Waals surface area contributed by atoms with Gasteiger partial charge >= 0.3 is 0 Å². The van der Waals surface area contributed by atoms with Gasteiger partial charge in [0, 0.05) is 39.3 Å². The molecule has 0 saturated carbocycles. The summed E-state index contributed by atoms with van der Waals surface area (Å²) in [6.45, 7) is 6.00. The molecule has 6 nitrogen and oxygen atoms in total. The lowest BCUT2D eigenvalue weighted by atomic mass is 10.2. The largest absolute Gasteiger partial charge is 0.339 e. The van der Waals surface area contributed by atoms with Crippen molar-refractivity contribution in [3.63, 3.8) is 0 Å². The molecule has 1 N–H and O–H groups in total. The fourth-order valence-electron chi connectivity index (χ4n) is 2.42. The number of carbonyl (C=O) groups excluding carboxylic acids is 1. The van der Waals surface area contributed by atoms with E-state index in [0.29, 0.717) is 13.1 Å². The third-order valence-corrected chi connectivity index (χ3v) is 5.32. The number of hydrogen-bond donors (Lipinski definition) is 1. The van der Waals surface area contributed by atoms with Gasteiger partial charge in [0.2, 0.25) is 5.91 Å². The lowest BCUT2D eigenvalue weighted by Crippen LogP contribution is -2.55. The molecule has 2 aliphatic heterocycles. The van der Waals surface area contributed by atoms with Crippen molar-refractivity contribution in [3.05, 3.63) is 0 Å². The van der Waals surface area contributed by atoms with E-state index in [1.807, 2.05) is 16.7 Å². The topological polar surface area (TPSA) is 69.7 Å². The van der Waals surface area contributed by atoms with Crippen LogP contribution < -0.4 is 5.32 Å². The summed E-state index contributed by atoms with van der Waals surface area (Å²) in [6, 6.07) is -0.210. The van der Waals surface area contributed by atoms with Crippen LogP contribution in [0.5, 0.6) is 0 Å². The normalized spacial score (nSPS) is 26.8. The second-order valence-electron chi connectivity index (χ2n) is 4.94. The minimum absolute atomic E-state index is 0.121. The van der Waals surface area contributed by atoms with Gasteiger partial charge in [-0.2, -0.15) is 0 Å². The van der Waals surface area contributed by atoms with Crippen LogP contribution in [0.3, 0.4) is 0 Å². The summed E-state index contributed by atoms with van der Waals surface area (Å²) < 4.78 is 22.7. The smallest absolute Gasteiger partial charge is 0.239 e. The molecular formula is C11H21N3O3S. The lowest BCUT2D eigenvalue weighted by Gasteiger charge is -2.36. The summed E-state index contributed by atoms with van der Waals surface area (Å²) in [6.07, 6.45) is 0. The van der Waals surface area contributed by atoms with Gasteiger partial charge in [-0.3, -0.25) is 9.69 Å². The minimum atomic E-state index is -2.88. The molecule has 18 heavy (non-hydrogen) atoms. The van der Waals surface area contributed by atoms with E-state index in [1.54, 1.807) is 0 Å². The zero-order chi connectivity index (χ0) is 13.2. The fraction of sp³-hybridized carbons (Fsp3) is 0.909. The number of nitrogens with zero attached hydrogens (tertiary/aromatic N) is 2. The standard InChI is InChI=1S/C11H21N3O3S/c1-10(11(15)14-4-2-12-3-5-14)13-6-8-18(16,17)9-7-13/h10,12H,2-9H2,1H3. The molecule has 0 radical (unpaired) electrons. The minimum Gasteiger partial charge on any atom is -0.339 e. The molecule has 0 aliphatic carbocycles. The van der Waals surface area contributed by atoms with Crippen LogP contribution in [0.1, 0.15) is 6.92 Å². The molecule has 1 amide bonds. The van der Waals surface area contributed by atoms with Crippen LogP contribution in [0.4, 0.5) is 0 Å². The van der Waals surface area contributed by atoms with Gasteiger partial charge in [0.05, 0.1) is 17.5 Å². The molecular weight excluding hydrogens is 254 g/mol. The summed E-state index contributed by atoms with van der Waals surface area (Å²) in [5.41, 5.74) is 0. The van der Waals surface area contributed by atoms with Crippen LogP contribution in [-0.2, 0) is 14.6 Å². The van der Waals surface area contributed by atoms with Gasteiger partial charge in [0.15, 0.2) is 9.84 Å². The van der Waals surface area contributed by atoms with E-state index in [2.05, 4.69) is 5.32 Å². The predicted molar refractivity (Wildman–Crippen MR) is 69.1 cm³/mol. The molecule has 104 valence electrons. The van der Waals surface area contributed by atoms with Gasteiger partial charge in [-0.15, -0.1) is 0 Å². The molecule has 2 rings (SSSR count). The molecule has 2 fully saturated rings. The van der Waals surface area contributed by atoms with Crippen molar-refractivity contribution in [2.75, 3.05) is 50.8 Å². The summed E-state index contributed by atoms with van der Waals surface area (Å²) >= 11 is 0. The van der Waals surface area contributed by atoms with Crippen LogP contribution in [0, 0.1) is 0 Å². The number of piperazine rings is 1. The van der Waals surface area contributed by atoms with Crippen molar-refractivity contribution < 1.29 is 13.2 Å². The molecule has 2 saturated heterocycles. The Hall–Kier alpha value is -0.660. The number of nitrogens with one attached hydrogen (secondary N) is 1. The Morgan fingerprint density at radius 1 is 1.11 bits per heavy atom. The third-order valence-electron chi connectivity index (χ3n) is 3.71. The van der Waals surface area contributed by atoms with E-state index in [4.69, 9.17) is 0 Å². The highest BCUT2D eigenvalue weighted by Gasteiger charge is 2.30. The molecule has 0 bridgehead atoms. The SMILES string of the molecule is CC(C(=O)N1CCNCC1)N1CCS(=O)(=O)CC1. The first kappa shape index (κ1) is 13.8. The van der Waals surface area contributed by atoms with Crippen LogP contribution >= 0.6 is 0 Å². The zero-order valence-electron chi connectivity index (χ0n) is 10.8. The summed E-state index contributed by atoms with van der Waals surface area (Å²) in [5.74, 6) is 0.467. The van der Waals surface area contributed by atoms with Gasteiger partial charge in [0.25, 0.3) is 0 Å². The Kier molecular flexibility index (Phi) is 4.24. The van der Waals surface area contributed by atoms with Gasteiger partial charge in [-0.25, -0.2) is 8.42 Å². The lowest BCUT2D eigenvalue weighted by molar-refractivity contribution is -0.136. The molecule has 0 aromatic carbocycles. The van der Waals surface area contributed by atoms with Gasteiger partial charge in [-0.1, -0.05) is 0 Å². The van der Waals surface area contributed by atoms with Crippen molar-refractivity contribution in [3.8, 4) is 0 Å². The van der Waals surface area contributed by atoms with Crippen LogP contribution in [0.2, 0.25) is 0 Å². The van der Waals surface area contributed by atoms with Crippen molar-refractivity contribution in [1.29, 1.82) is 0 Å². The van der Waals surface area contributed by atoms with E-state index >= 15 is 0 Å². The van der Waals surface area contributed by atoms with E-state index in [9.17, 15) is 13.2 Å². The maximum Gasteiger partial charge on any atom is 0.239 e. The highest BCUT2D eigenvalue weighted by Crippen LogP contribution is 2.10. The molecule has 7 heteroatoms. The number of rotatable bonds is 2. The predicted octanol–water partition coefficient (Wildman–Crippen LogP) is -1.46. The number of sulfone groups is 1. The summed E-state index contributed by atoms with van der Waals surface area (Å²) in [5, 5.41) is 3.21. The Morgan fingerprint density at radius 3 is 2.22 bits per heavy atom. The second kappa shape index (κ2) is 5.54. The van der Waals surface area contributed by atoms with Crippen molar-refractivity contribution in [2.45, 2.75) is 13.0 Å². The van der Waals surface area contributed by atoms with Crippen LogP contribution in [0.25, 0.3) is 0 Å². The average Bonchev–Trinajstić information content (AvgIpc) is 2.38. The van der Waals surface area contributed by atoms with Crippen molar-refractivity contribution >= 4 is 15.7 Å². The maximum absolute atomic E-state index is 12.3. The van der Waals surface area contributed by atoms with Gasteiger partial charge in [0.1, 0.15) is 0 Å². The van der Waals surface area contributed by atoms with E-state index < -0.39 is 9.84 Å². The first-order valence-electron chi connectivity index (χ1n) is 6.43. The number of carbonyl (C=O) groups is 1. The Labute approximate surface area is 108 Å². The highest BCUT2D eigenvalue weighted by molar-refractivity contribution is 7.91. The van der Waals surface area contributed by atoms with E-state index in [1.165, 1.54) is 0 Å². The van der Waals surface area contributed by atoms with Crippen molar-refractivity contribution in [1.82, 2.24) is 15.1 Å². The molecule has 0 spiro atoms. The van der Waals surface area contributed by atoms with Crippen molar-refractivity contribution in [2.24, 2.45) is 0 Å². The van der Waals surface area contributed by atoms with E-state index in [0.717, 1.165) is 26.2 Å². The molecule has 0 aromatic heterocycles. The number of amides is 1. The average molecular weight is 275 g/mol. The maximum atomic E-state index is 12.3. The summed E-state index contributed by atoms with van der Waals surface area (Å²) in [4.78, 5) is 16.1. The summed E-state index contributed by atoms with van der Waals surface area (Å²) in [7, 11) is -2.88. The Morgan fingerprint density at radius 2 is 1.67 bits per heavy atom. The first-order valence-corrected chi connectivity index (χ1v) is 8.26. The quantitative estimate of drug-likeness (QED) is 0.667. The molecule has 1 atom stereocenters.